The number of nitrogens with one attached hydrogen (secondary N) is 2. The Labute approximate surface area is 131 Å². The van der Waals surface area contributed by atoms with E-state index >= 15 is 0 Å². The van der Waals surface area contributed by atoms with Gasteiger partial charge < -0.3 is 15.7 Å². The van der Waals surface area contributed by atoms with Gasteiger partial charge in [0.15, 0.2) is 0 Å². The summed E-state index contributed by atoms with van der Waals surface area (Å²) in [5.41, 5.74) is 1.72. The number of amides is 2. The molecule has 1 rings (SSSR count). The van der Waals surface area contributed by atoms with Crippen LogP contribution in [0.25, 0.3) is 0 Å². The van der Waals surface area contributed by atoms with Crippen molar-refractivity contribution in [2.45, 2.75) is 58.9 Å². The molecule has 0 saturated carbocycles. The van der Waals surface area contributed by atoms with Crippen LogP contribution in [-0.4, -0.2) is 33.4 Å². The zero-order chi connectivity index (χ0) is 16.5. The van der Waals surface area contributed by atoms with Crippen LogP contribution in [0, 0.1) is 0 Å². The number of aryl methyl sites for hydroxylation is 1. The highest BCUT2D eigenvalue weighted by atomic mass is 16.4. The van der Waals surface area contributed by atoms with Gasteiger partial charge in [-0.05, 0) is 18.8 Å². The van der Waals surface area contributed by atoms with Crippen LogP contribution in [0.4, 0.5) is 10.5 Å². The highest BCUT2D eigenvalue weighted by Crippen LogP contribution is 2.24. The van der Waals surface area contributed by atoms with Crippen molar-refractivity contribution in [1.29, 1.82) is 0 Å². The van der Waals surface area contributed by atoms with Crippen molar-refractivity contribution in [3.63, 3.8) is 0 Å². The highest BCUT2D eigenvalue weighted by molar-refractivity contribution is 5.89. The summed E-state index contributed by atoms with van der Waals surface area (Å²) in [6.07, 6.45) is 4.26. The summed E-state index contributed by atoms with van der Waals surface area (Å²) in [7, 11) is 0. The Morgan fingerprint density at radius 2 is 2.09 bits per heavy atom. The number of carbonyl (C=O) groups is 2. The van der Waals surface area contributed by atoms with E-state index in [1.54, 1.807) is 6.20 Å². The number of anilines is 1. The van der Waals surface area contributed by atoms with Gasteiger partial charge in [0.05, 0.1) is 17.6 Å². The molecule has 2 amide bonds. The van der Waals surface area contributed by atoms with Crippen LogP contribution in [-0.2, 0) is 11.3 Å². The number of urea groups is 1. The molecular weight excluding hydrogens is 284 g/mol. The number of hydrogen-bond donors (Lipinski definition) is 3. The lowest BCUT2D eigenvalue weighted by Gasteiger charge is -2.13. The quantitative estimate of drug-likeness (QED) is 0.611. The lowest BCUT2D eigenvalue weighted by molar-refractivity contribution is -0.137. The minimum atomic E-state index is -0.860. The first-order chi connectivity index (χ1) is 10.5. The molecule has 0 saturated heterocycles. The van der Waals surface area contributed by atoms with Crippen LogP contribution in [0.15, 0.2) is 6.20 Å². The van der Waals surface area contributed by atoms with Gasteiger partial charge in [0.25, 0.3) is 0 Å². The van der Waals surface area contributed by atoms with E-state index in [4.69, 9.17) is 5.11 Å². The number of carbonyl (C=O) groups excluding carboxylic acids is 1. The molecule has 0 aliphatic carbocycles. The third-order valence-electron chi connectivity index (χ3n) is 3.25. The molecule has 0 radical (unpaired) electrons. The molecular formula is C15H26N4O3. The van der Waals surface area contributed by atoms with Crippen LogP contribution < -0.4 is 10.6 Å². The maximum Gasteiger partial charge on any atom is 0.319 e. The zero-order valence-corrected chi connectivity index (χ0v) is 13.6. The monoisotopic (exact) mass is 310 g/mol. The van der Waals surface area contributed by atoms with Crippen molar-refractivity contribution >= 4 is 17.7 Å². The molecule has 7 nitrogen and oxygen atoms in total. The molecule has 1 aromatic heterocycles. The minimum absolute atomic E-state index is 0.0481. The number of aliphatic carboxylic acids is 1. The van der Waals surface area contributed by atoms with Crippen molar-refractivity contribution < 1.29 is 14.7 Å². The van der Waals surface area contributed by atoms with Gasteiger partial charge in [-0.2, -0.15) is 5.10 Å². The fourth-order valence-corrected chi connectivity index (χ4v) is 2.19. The average Bonchev–Trinajstić information content (AvgIpc) is 2.84. The smallest absolute Gasteiger partial charge is 0.319 e. The van der Waals surface area contributed by atoms with Gasteiger partial charge in [0.1, 0.15) is 0 Å². The Morgan fingerprint density at radius 1 is 1.36 bits per heavy atom. The number of unbranched alkanes of at least 4 members (excludes halogenated alkanes) is 1. The third-order valence-corrected chi connectivity index (χ3v) is 3.25. The fraction of sp³-hybridized carbons (Fsp3) is 0.667. The summed E-state index contributed by atoms with van der Waals surface area (Å²) in [6, 6.07) is -0.331. The number of aromatic nitrogens is 2. The van der Waals surface area contributed by atoms with Crippen molar-refractivity contribution in [3.05, 3.63) is 11.9 Å². The first-order valence-corrected chi connectivity index (χ1v) is 7.78. The SMILES string of the molecule is CCCCn1ncc(NC(=O)NCCCC(=O)O)c1C(C)C. The molecule has 7 heteroatoms. The highest BCUT2D eigenvalue weighted by Gasteiger charge is 2.15. The molecule has 0 aliphatic rings. The summed E-state index contributed by atoms with van der Waals surface area (Å²) in [4.78, 5) is 22.3. The standard InChI is InChI=1S/C15H26N4O3/c1-4-5-9-19-14(11(2)3)12(10-17-19)18-15(22)16-8-6-7-13(20)21/h10-11H,4-9H2,1-3H3,(H,20,21)(H2,16,18,22). The summed E-state index contributed by atoms with van der Waals surface area (Å²) in [5.74, 6) is -0.608. The van der Waals surface area contributed by atoms with Gasteiger partial charge in [-0.15, -0.1) is 0 Å². The first-order valence-electron chi connectivity index (χ1n) is 7.78. The Balaban J connectivity index is 2.58. The topological polar surface area (TPSA) is 96.3 Å². The predicted molar refractivity (Wildman–Crippen MR) is 85.1 cm³/mol. The Morgan fingerprint density at radius 3 is 2.68 bits per heavy atom. The fourth-order valence-electron chi connectivity index (χ4n) is 2.19. The van der Waals surface area contributed by atoms with Gasteiger partial charge in [0.2, 0.25) is 0 Å². The van der Waals surface area contributed by atoms with Crippen LogP contribution in [0.3, 0.4) is 0 Å². The number of hydrogen-bond acceptors (Lipinski definition) is 3. The second-order valence-corrected chi connectivity index (χ2v) is 5.55. The van der Waals surface area contributed by atoms with E-state index in [1.807, 2.05) is 4.68 Å². The van der Waals surface area contributed by atoms with Crippen LogP contribution in [0.5, 0.6) is 0 Å². The van der Waals surface area contributed by atoms with E-state index < -0.39 is 5.97 Å². The lowest BCUT2D eigenvalue weighted by Crippen LogP contribution is -2.30. The summed E-state index contributed by atoms with van der Waals surface area (Å²) in [6.45, 7) is 7.43. The predicted octanol–water partition coefficient (Wildman–Crippen LogP) is 2.79. The van der Waals surface area contributed by atoms with Crippen LogP contribution in [0.1, 0.15) is 58.1 Å². The largest absolute Gasteiger partial charge is 0.481 e. The van der Waals surface area contributed by atoms with E-state index in [1.165, 1.54) is 0 Å². The second kappa shape index (κ2) is 9.07. The van der Waals surface area contributed by atoms with Crippen molar-refractivity contribution in [2.75, 3.05) is 11.9 Å². The molecule has 1 aromatic rings. The molecule has 0 atom stereocenters. The number of carboxylic acids is 1. The normalized spacial score (nSPS) is 10.7. The number of nitrogens with zero attached hydrogens (tertiary/aromatic N) is 2. The van der Waals surface area contributed by atoms with Crippen LogP contribution in [0.2, 0.25) is 0 Å². The van der Waals surface area contributed by atoms with E-state index in [9.17, 15) is 9.59 Å². The van der Waals surface area contributed by atoms with Gasteiger partial charge in [0, 0.05) is 19.5 Å². The maximum atomic E-state index is 11.8. The van der Waals surface area contributed by atoms with Gasteiger partial charge in [-0.1, -0.05) is 27.2 Å². The molecule has 0 unspecified atom stereocenters. The molecule has 22 heavy (non-hydrogen) atoms. The molecule has 3 N–H and O–H groups in total. The molecule has 124 valence electrons. The second-order valence-electron chi connectivity index (χ2n) is 5.55. The Hall–Kier alpha value is -2.05. The van der Waals surface area contributed by atoms with E-state index in [0.29, 0.717) is 18.7 Å². The zero-order valence-electron chi connectivity index (χ0n) is 13.6. The maximum absolute atomic E-state index is 11.8. The van der Waals surface area contributed by atoms with E-state index in [2.05, 4.69) is 36.5 Å². The molecule has 0 aromatic carbocycles. The van der Waals surface area contributed by atoms with Gasteiger partial charge in [-0.3, -0.25) is 9.48 Å². The summed E-state index contributed by atoms with van der Waals surface area (Å²) in [5, 5.41) is 18.3. The van der Waals surface area contributed by atoms with Crippen LogP contribution >= 0.6 is 0 Å². The Bertz CT molecular complexity index is 497. The first kappa shape index (κ1) is 18.0. The summed E-state index contributed by atoms with van der Waals surface area (Å²) < 4.78 is 1.94. The molecule has 0 aliphatic heterocycles. The number of carboxylic acid groups (broad SMARTS) is 1. The molecule has 0 spiro atoms. The summed E-state index contributed by atoms with van der Waals surface area (Å²) >= 11 is 0. The molecule has 0 bridgehead atoms. The van der Waals surface area contributed by atoms with E-state index in [-0.39, 0.29) is 18.4 Å². The number of rotatable bonds is 9. The third kappa shape index (κ3) is 5.75. The van der Waals surface area contributed by atoms with E-state index in [0.717, 1.165) is 25.1 Å². The average molecular weight is 310 g/mol. The van der Waals surface area contributed by atoms with Crippen molar-refractivity contribution in [3.8, 4) is 0 Å². The molecule has 1 heterocycles. The van der Waals surface area contributed by atoms with Crippen molar-refractivity contribution in [1.82, 2.24) is 15.1 Å². The minimum Gasteiger partial charge on any atom is -0.481 e. The lowest BCUT2D eigenvalue weighted by atomic mass is 10.1. The Kier molecular flexibility index (Phi) is 7.42. The van der Waals surface area contributed by atoms with Crippen molar-refractivity contribution in [2.24, 2.45) is 0 Å². The molecule has 0 fully saturated rings. The van der Waals surface area contributed by atoms with Gasteiger partial charge >= 0.3 is 12.0 Å². The van der Waals surface area contributed by atoms with Gasteiger partial charge in [-0.25, -0.2) is 4.79 Å².